The van der Waals surface area contributed by atoms with Crippen LogP contribution >= 0.6 is 0 Å². The fourth-order valence-electron chi connectivity index (χ4n) is 3.56. The van der Waals surface area contributed by atoms with Gasteiger partial charge in [0, 0.05) is 6.42 Å². The zero-order chi connectivity index (χ0) is 20.7. The van der Waals surface area contributed by atoms with E-state index in [0.717, 1.165) is 33.5 Å². The van der Waals surface area contributed by atoms with E-state index in [1.165, 1.54) is 0 Å². The predicted molar refractivity (Wildman–Crippen MR) is 112 cm³/mol. The largest absolute Gasteiger partial charge is 0.493 e. The zero-order valence-electron chi connectivity index (χ0n) is 16.9. The molecule has 30 heavy (non-hydrogen) atoms. The van der Waals surface area contributed by atoms with Gasteiger partial charge in [-0.3, -0.25) is 0 Å². The van der Waals surface area contributed by atoms with Crippen LogP contribution in [0.4, 0.5) is 0 Å². The monoisotopic (exact) mass is 400 g/mol. The summed E-state index contributed by atoms with van der Waals surface area (Å²) in [7, 11) is 3.25. The van der Waals surface area contributed by atoms with Crippen molar-refractivity contribution < 1.29 is 9.47 Å². The van der Waals surface area contributed by atoms with Crippen LogP contribution in [0.1, 0.15) is 17.0 Å². The summed E-state index contributed by atoms with van der Waals surface area (Å²) in [4.78, 5) is 9.32. The molecule has 0 radical (unpaired) electrons. The molecule has 0 unspecified atom stereocenters. The van der Waals surface area contributed by atoms with Crippen LogP contribution in [0.3, 0.4) is 0 Å². The van der Waals surface area contributed by atoms with Gasteiger partial charge in [0.25, 0.3) is 0 Å². The second kappa shape index (κ2) is 7.14. The molecule has 0 spiro atoms. The summed E-state index contributed by atoms with van der Waals surface area (Å²) in [5.74, 6) is 2.07. The summed E-state index contributed by atoms with van der Waals surface area (Å²) < 4.78 is 14.2. The molecule has 5 aromatic rings. The first-order valence-electron chi connectivity index (χ1n) is 9.52. The quantitative estimate of drug-likeness (QED) is 0.450. The van der Waals surface area contributed by atoms with Crippen molar-refractivity contribution in [3.63, 3.8) is 0 Å². The van der Waals surface area contributed by atoms with E-state index >= 15 is 0 Å². The van der Waals surface area contributed by atoms with Gasteiger partial charge in [0.2, 0.25) is 0 Å². The first kappa shape index (κ1) is 18.1. The summed E-state index contributed by atoms with van der Waals surface area (Å²) in [5, 5.41) is 9.97. The van der Waals surface area contributed by atoms with Crippen molar-refractivity contribution in [1.29, 1.82) is 0 Å². The molecular weight excluding hydrogens is 380 g/mol. The van der Waals surface area contributed by atoms with E-state index in [2.05, 4.69) is 34.2 Å². The van der Waals surface area contributed by atoms with Crippen LogP contribution in [0.2, 0.25) is 0 Å². The van der Waals surface area contributed by atoms with Crippen molar-refractivity contribution in [2.24, 2.45) is 0 Å². The minimum absolute atomic E-state index is 0.565. The summed E-state index contributed by atoms with van der Waals surface area (Å²) in [6.07, 6.45) is 4.03. The van der Waals surface area contributed by atoms with Crippen LogP contribution in [0.15, 0.2) is 55.0 Å². The average molecular weight is 400 g/mol. The van der Waals surface area contributed by atoms with Crippen molar-refractivity contribution in [3.05, 3.63) is 71.9 Å². The van der Waals surface area contributed by atoms with Gasteiger partial charge in [0.1, 0.15) is 6.33 Å². The molecule has 3 aromatic heterocycles. The van der Waals surface area contributed by atoms with Crippen LogP contribution in [-0.2, 0) is 6.42 Å². The molecular formula is C22H20N6O2. The standard InChI is InChI=1S/C22H20N6O2/c1-14-5-4-6-16(9-14)28-21-17(12-24-28)22-25-20(26-27(22)13-23-21)11-15-7-8-18(29-2)19(10-15)30-3/h4-10,12-13H,11H2,1-3H3. The molecule has 0 aliphatic rings. The molecule has 0 aliphatic carbocycles. The lowest BCUT2D eigenvalue weighted by atomic mass is 10.1. The number of hydrogen-bond donors (Lipinski definition) is 0. The summed E-state index contributed by atoms with van der Waals surface area (Å²) in [6, 6.07) is 14.0. The van der Waals surface area contributed by atoms with Crippen LogP contribution < -0.4 is 9.47 Å². The fourth-order valence-corrected chi connectivity index (χ4v) is 3.56. The van der Waals surface area contributed by atoms with Gasteiger partial charge in [-0.1, -0.05) is 18.2 Å². The summed E-state index contributed by atoms with van der Waals surface area (Å²) in [5.41, 5.74) is 4.64. The second-order valence-corrected chi connectivity index (χ2v) is 7.04. The molecule has 5 rings (SSSR count). The maximum absolute atomic E-state index is 5.39. The Morgan fingerprint density at radius 2 is 1.83 bits per heavy atom. The molecule has 150 valence electrons. The van der Waals surface area contributed by atoms with Crippen molar-refractivity contribution in [2.45, 2.75) is 13.3 Å². The first-order valence-corrected chi connectivity index (χ1v) is 9.52. The molecule has 0 amide bonds. The Balaban J connectivity index is 1.54. The van der Waals surface area contributed by atoms with Crippen molar-refractivity contribution in [2.75, 3.05) is 14.2 Å². The van der Waals surface area contributed by atoms with Gasteiger partial charge in [-0.25, -0.2) is 19.2 Å². The molecule has 0 aliphatic heterocycles. The highest BCUT2D eigenvalue weighted by Crippen LogP contribution is 2.28. The van der Waals surface area contributed by atoms with Crippen LogP contribution in [-0.4, -0.2) is 43.6 Å². The van der Waals surface area contributed by atoms with Gasteiger partial charge in [0.15, 0.2) is 28.6 Å². The van der Waals surface area contributed by atoms with Gasteiger partial charge in [-0.2, -0.15) is 5.10 Å². The number of fused-ring (bicyclic) bond motifs is 3. The maximum atomic E-state index is 5.39. The normalized spacial score (nSPS) is 11.3. The van der Waals surface area contributed by atoms with E-state index in [0.29, 0.717) is 23.7 Å². The lowest BCUT2D eigenvalue weighted by Crippen LogP contribution is -1.99. The Kier molecular flexibility index (Phi) is 4.31. The predicted octanol–water partition coefficient (Wildman–Crippen LogP) is 3.38. The number of aromatic nitrogens is 6. The number of ether oxygens (including phenoxy) is 2. The Labute approximate surface area is 172 Å². The Hall–Kier alpha value is -3.94. The van der Waals surface area contributed by atoms with Gasteiger partial charge in [-0.05, 0) is 42.3 Å². The van der Waals surface area contributed by atoms with Crippen molar-refractivity contribution in [3.8, 4) is 17.2 Å². The minimum Gasteiger partial charge on any atom is -0.493 e. The number of hydrogen-bond acceptors (Lipinski definition) is 6. The molecule has 3 heterocycles. The smallest absolute Gasteiger partial charge is 0.170 e. The molecule has 8 heteroatoms. The van der Waals surface area contributed by atoms with E-state index in [4.69, 9.17) is 14.5 Å². The SMILES string of the molecule is COc1ccc(Cc2nc3c4cnn(-c5cccc(C)c5)c4ncn3n2)cc1OC. The third-order valence-corrected chi connectivity index (χ3v) is 5.01. The highest BCUT2D eigenvalue weighted by molar-refractivity contribution is 5.89. The third-order valence-electron chi connectivity index (χ3n) is 5.01. The molecule has 0 N–H and O–H groups in total. The minimum atomic E-state index is 0.565. The van der Waals surface area contributed by atoms with E-state index in [1.807, 2.05) is 35.0 Å². The van der Waals surface area contributed by atoms with Gasteiger partial charge >= 0.3 is 0 Å². The van der Waals surface area contributed by atoms with Gasteiger partial charge in [-0.15, -0.1) is 5.10 Å². The number of benzene rings is 2. The molecule has 0 saturated heterocycles. The van der Waals surface area contributed by atoms with Gasteiger partial charge < -0.3 is 9.47 Å². The molecule has 8 nitrogen and oxygen atoms in total. The van der Waals surface area contributed by atoms with Crippen LogP contribution in [0, 0.1) is 6.92 Å². The molecule has 0 bridgehead atoms. The van der Waals surface area contributed by atoms with Gasteiger partial charge in [0.05, 0.1) is 31.5 Å². The van der Waals surface area contributed by atoms with E-state index < -0.39 is 0 Å². The number of aryl methyl sites for hydroxylation is 1. The van der Waals surface area contributed by atoms with E-state index in [-0.39, 0.29) is 0 Å². The number of nitrogens with zero attached hydrogens (tertiary/aromatic N) is 6. The van der Waals surface area contributed by atoms with Crippen LogP contribution in [0.5, 0.6) is 11.5 Å². The van der Waals surface area contributed by atoms with E-state index in [1.54, 1.807) is 31.3 Å². The Morgan fingerprint density at radius 1 is 0.967 bits per heavy atom. The highest BCUT2D eigenvalue weighted by Gasteiger charge is 2.14. The molecule has 0 atom stereocenters. The van der Waals surface area contributed by atoms with Crippen molar-refractivity contribution in [1.82, 2.24) is 29.4 Å². The third kappa shape index (κ3) is 3.02. The maximum Gasteiger partial charge on any atom is 0.170 e. The topological polar surface area (TPSA) is 79.4 Å². The molecule has 2 aromatic carbocycles. The second-order valence-electron chi connectivity index (χ2n) is 7.04. The lowest BCUT2D eigenvalue weighted by molar-refractivity contribution is 0.354. The Morgan fingerprint density at radius 3 is 2.63 bits per heavy atom. The molecule has 0 fully saturated rings. The summed E-state index contributed by atoms with van der Waals surface area (Å²) in [6.45, 7) is 2.06. The lowest BCUT2D eigenvalue weighted by Gasteiger charge is -2.08. The number of rotatable bonds is 5. The first-order chi connectivity index (χ1) is 14.7. The average Bonchev–Trinajstić information content (AvgIpc) is 3.37. The molecule has 0 saturated carbocycles. The number of methoxy groups -OCH3 is 2. The summed E-state index contributed by atoms with van der Waals surface area (Å²) >= 11 is 0. The Bertz CT molecular complexity index is 1370. The van der Waals surface area contributed by atoms with E-state index in [9.17, 15) is 0 Å². The zero-order valence-corrected chi connectivity index (χ0v) is 16.9. The van der Waals surface area contributed by atoms with Crippen molar-refractivity contribution >= 4 is 16.7 Å². The fraction of sp³-hybridized carbons (Fsp3) is 0.182. The van der Waals surface area contributed by atoms with Crippen LogP contribution in [0.25, 0.3) is 22.4 Å². The highest BCUT2D eigenvalue weighted by atomic mass is 16.5.